The van der Waals surface area contributed by atoms with Crippen LogP contribution in [0.1, 0.15) is 37.0 Å². The summed E-state index contributed by atoms with van der Waals surface area (Å²) < 4.78 is 5.63. The number of rotatable bonds is 5. The number of hydrogen-bond acceptors (Lipinski definition) is 4. The highest BCUT2D eigenvalue weighted by Gasteiger charge is 2.33. The number of carbonyl (C=O) groups excluding carboxylic acids is 1. The van der Waals surface area contributed by atoms with Crippen molar-refractivity contribution in [3.8, 4) is 0 Å². The SMILES string of the molecule is CC(C)[C@@H](N)C1CCCOC1ONC(=O)c1ccccc1. The average molecular weight is 292 g/mol. The van der Waals surface area contributed by atoms with Gasteiger partial charge in [-0.25, -0.2) is 10.3 Å². The van der Waals surface area contributed by atoms with E-state index in [1.165, 1.54) is 0 Å². The van der Waals surface area contributed by atoms with E-state index in [9.17, 15) is 4.79 Å². The average Bonchev–Trinajstić information content (AvgIpc) is 2.53. The molecule has 1 saturated heterocycles. The van der Waals surface area contributed by atoms with Gasteiger partial charge in [-0.05, 0) is 30.9 Å². The first-order chi connectivity index (χ1) is 10.1. The number of ether oxygens (including phenoxy) is 1. The normalized spacial score (nSPS) is 23.8. The van der Waals surface area contributed by atoms with Crippen molar-refractivity contribution in [3.63, 3.8) is 0 Å². The molecule has 2 unspecified atom stereocenters. The first-order valence-electron chi connectivity index (χ1n) is 7.48. The molecule has 0 bridgehead atoms. The van der Waals surface area contributed by atoms with Crippen LogP contribution < -0.4 is 11.2 Å². The van der Waals surface area contributed by atoms with Crippen molar-refractivity contribution >= 4 is 5.91 Å². The maximum Gasteiger partial charge on any atom is 0.274 e. The van der Waals surface area contributed by atoms with Crippen LogP contribution in [0.4, 0.5) is 0 Å². The van der Waals surface area contributed by atoms with Crippen molar-refractivity contribution < 1.29 is 14.4 Å². The second-order valence-corrected chi connectivity index (χ2v) is 5.78. The Balaban J connectivity index is 1.92. The number of hydroxylamine groups is 1. The molecule has 1 fully saturated rings. The van der Waals surface area contributed by atoms with Gasteiger partial charge in [0.1, 0.15) is 0 Å². The Morgan fingerprint density at radius 2 is 2.10 bits per heavy atom. The molecule has 1 heterocycles. The Morgan fingerprint density at radius 1 is 1.38 bits per heavy atom. The quantitative estimate of drug-likeness (QED) is 0.815. The van der Waals surface area contributed by atoms with Crippen LogP contribution in [0.25, 0.3) is 0 Å². The van der Waals surface area contributed by atoms with Crippen LogP contribution in [0.2, 0.25) is 0 Å². The van der Waals surface area contributed by atoms with E-state index in [2.05, 4.69) is 19.3 Å². The largest absolute Gasteiger partial charge is 0.350 e. The molecule has 1 aliphatic heterocycles. The Labute approximate surface area is 125 Å². The summed E-state index contributed by atoms with van der Waals surface area (Å²) in [6, 6.07) is 8.94. The van der Waals surface area contributed by atoms with Gasteiger partial charge in [0.05, 0.1) is 0 Å². The molecule has 0 spiro atoms. The third kappa shape index (κ3) is 4.27. The minimum absolute atomic E-state index is 0.0103. The Kier molecular flexibility index (Phi) is 5.73. The minimum atomic E-state index is -0.483. The van der Waals surface area contributed by atoms with Crippen molar-refractivity contribution in [1.29, 1.82) is 0 Å². The van der Waals surface area contributed by atoms with Gasteiger partial charge in [-0.1, -0.05) is 32.0 Å². The highest BCUT2D eigenvalue weighted by molar-refractivity contribution is 5.93. The highest BCUT2D eigenvalue weighted by Crippen LogP contribution is 2.26. The van der Waals surface area contributed by atoms with Crippen molar-refractivity contribution in [2.24, 2.45) is 17.6 Å². The monoisotopic (exact) mass is 292 g/mol. The van der Waals surface area contributed by atoms with E-state index in [0.717, 1.165) is 12.8 Å². The van der Waals surface area contributed by atoms with E-state index in [1.54, 1.807) is 12.1 Å². The van der Waals surface area contributed by atoms with Crippen molar-refractivity contribution in [1.82, 2.24) is 5.48 Å². The molecular weight excluding hydrogens is 268 g/mol. The molecule has 5 heteroatoms. The molecule has 1 amide bonds. The fourth-order valence-electron chi connectivity index (χ4n) is 2.53. The van der Waals surface area contributed by atoms with Gasteiger partial charge in [0.25, 0.3) is 5.91 Å². The van der Waals surface area contributed by atoms with Crippen LogP contribution in [0, 0.1) is 11.8 Å². The summed E-state index contributed by atoms with van der Waals surface area (Å²) in [7, 11) is 0. The first kappa shape index (κ1) is 15.9. The number of nitrogens with one attached hydrogen (secondary N) is 1. The molecule has 1 aliphatic rings. The van der Waals surface area contributed by atoms with Crippen LogP contribution in [-0.4, -0.2) is 24.8 Å². The second-order valence-electron chi connectivity index (χ2n) is 5.78. The van der Waals surface area contributed by atoms with E-state index in [4.69, 9.17) is 15.3 Å². The molecule has 0 aromatic heterocycles. The third-order valence-electron chi connectivity index (χ3n) is 3.88. The summed E-state index contributed by atoms with van der Waals surface area (Å²) in [6.45, 7) is 4.80. The summed E-state index contributed by atoms with van der Waals surface area (Å²) in [5.41, 5.74) is 9.25. The van der Waals surface area contributed by atoms with Crippen LogP contribution in [0.15, 0.2) is 30.3 Å². The molecule has 116 valence electrons. The maximum atomic E-state index is 12.0. The van der Waals surface area contributed by atoms with Gasteiger partial charge < -0.3 is 10.5 Å². The lowest BCUT2D eigenvalue weighted by Crippen LogP contribution is -2.48. The third-order valence-corrected chi connectivity index (χ3v) is 3.88. The zero-order chi connectivity index (χ0) is 15.2. The van der Waals surface area contributed by atoms with Crippen molar-refractivity contribution in [3.05, 3.63) is 35.9 Å². The highest BCUT2D eigenvalue weighted by atomic mass is 16.8. The topological polar surface area (TPSA) is 73.6 Å². The van der Waals surface area contributed by atoms with Crippen LogP contribution in [0.3, 0.4) is 0 Å². The Hall–Kier alpha value is -1.43. The lowest BCUT2D eigenvalue weighted by Gasteiger charge is -2.36. The minimum Gasteiger partial charge on any atom is -0.350 e. The predicted molar refractivity (Wildman–Crippen MR) is 80.3 cm³/mol. The van der Waals surface area contributed by atoms with Crippen molar-refractivity contribution in [2.75, 3.05) is 6.61 Å². The summed E-state index contributed by atoms with van der Waals surface area (Å²) in [5, 5.41) is 0. The summed E-state index contributed by atoms with van der Waals surface area (Å²) >= 11 is 0. The number of carbonyl (C=O) groups is 1. The fraction of sp³-hybridized carbons (Fsp3) is 0.562. The smallest absolute Gasteiger partial charge is 0.274 e. The van der Waals surface area contributed by atoms with Gasteiger partial charge in [0, 0.05) is 24.1 Å². The molecule has 0 saturated carbocycles. The van der Waals surface area contributed by atoms with Crippen LogP contribution >= 0.6 is 0 Å². The molecule has 0 aliphatic carbocycles. The van der Waals surface area contributed by atoms with Crippen LogP contribution in [0.5, 0.6) is 0 Å². The van der Waals surface area contributed by atoms with E-state index in [0.29, 0.717) is 18.1 Å². The van der Waals surface area contributed by atoms with Gasteiger partial charge in [-0.15, -0.1) is 0 Å². The van der Waals surface area contributed by atoms with Gasteiger partial charge in [-0.2, -0.15) is 0 Å². The summed E-state index contributed by atoms with van der Waals surface area (Å²) in [5.74, 6) is 0.157. The Bertz CT molecular complexity index is 450. The molecule has 2 rings (SSSR count). The maximum absolute atomic E-state index is 12.0. The number of hydrogen-bond donors (Lipinski definition) is 2. The fourth-order valence-corrected chi connectivity index (χ4v) is 2.53. The molecule has 1 aromatic rings. The number of nitrogens with two attached hydrogens (primary N) is 1. The molecule has 3 N–H and O–H groups in total. The lowest BCUT2D eigenvalue weighted by atomic mass is 9.86. The van der Waals surface area contributed by atoms with E-state index < -0.39 is 6.29 Å². The van der Waals surface area contributed by atoms with E-state index in [1.807, 2.05) is 18.2 Å². The first-order valence-corrected chi connectivity index (χ1v) is 7.48. The van der Waals surface area contributed by atoms with Crippen LogP contribution in [-0.2, 0) is 9.57 Å². The number of amides is 1. The zero-order valence-corrected chi connectivity index (χ0v) is 12.6. The molecule has 5 nitrogen and oxygen atoms in total. The van der Waals surface area contributed by atoms with E-state index >= 15 is 0 Å². The Morgan fingerprint density at radius 3 is 2.76 bits per heavy atom. The molecule has 21 heavy (non-hydrogen) atoms. The molecule has 0 radical (unpaired) electrons. The van der Waals surface area contributed by atoms with Gasteiger partial charge >= 0.3 is 0 Å². The van der Waals surface area contributed by atoms with Gasteiger partial charge in [0.2, 0.25) is 0 Å². The molecule has 1 aromatic carbocycles. The summed E-state index contributed by atoms with van der Waals surface area (Å²) in [6.07, 6.45) is 1.44. The number of benzene rings is 1. The standard InChI is InChI=1S/C16H24N2O3/c1-11(2)14(17)13-9-6-10-20-16(13)21-18-15(19)12-7-4-3-5-8-12/h3-5,7-8,11,13-14,16H,6,9-10,17H2,1-2H3,(H,18,19)/t13?,14-,16?/m1/s1. The van der Waals surface area contributed by atoms with Gasteiger partial charge in [-0.3, -0.25) is 4.79 Å². The van der Waals surface area contributed by atoms with Gasteiger partial charge in [0.15, 0.2) is 6.29 Å². The molecule has 3 atom stereocenters. The molecular formula is C16H24N2O3. The predicted octanol–water partition coefficient (Wildman–Crippen LogP) is 2.08. The zero-order valence-electron chi connectivity index (χ0n) is 12.6. The van der Waals surface area contributed by atoms with Crippen molar-refractivity contribution in [2.45, 2.75) is 39.0 Å². The second kappa shape index (κ2) is 7.54. The lowest BCUT2D eigenvalue weighted by molar-refractivity contribution is -0.220. The van der Waals surface area contributed by atoms with E-state index in [-0.39, 0.29) is 17.9 Å². The summed E-state index contributed by atoms with van der Waals surface area (Å²) in [4.78, 5) is 17.5.